The maximum absolute atomic E-state index is 5.62. The number of ether oxygens (including phenoxy) is 2. The fraction of sp³-hybridized carbons (Fsp3) is 0.400. The Labute approximate surface area is 150 Å². The molecule has 2 aromatic rings. The van der Waals surface area contributed by atoms with Crippen LogP contribution < -0.4 is 14.8 Å². The summed E-state index contributed by atoms with van der Waals surface area (Å²) in [6.45, 7) is 2.23. The third-order valence-corrected chi connectivity index (χ3v) is 4.73. The molecule has 0 heterocycles. The standard InChI is InChI=1S/C20H25NO2.ClH/c1-14(15-8-5-4-6-9-15)21-18-11-7-10-17-16(18)12-13-19(22-2)20(17)23-3;/h4-6,8-9,12-14,18,21H,7,10-11H2,1-3H3;1H. The number of hydrogen-bond acceptors (Lipinski definition) is 3. The Balaban J connectivity index is 0.00000208. The number of halogens is 1. The lowest BCUT2D eigenvalue weighted by Crippen LogP contribution is -2.28. The van der Waals surface area contributed by atoms with Gasteiger partial charge in [-0.1, -0.05) is 36.4 Å². The van der Waals surface area contributed by atoms with Gasteiger partial charge in [0.15, 0.2) is 11.5 Å². The monoisotopic (exact) mass is 347 g/mol. The fourth-order valence-electron chi connectivity index (χ4n) is 3.54. The molecule has 0 saturated heterocycles. The van der Waals surface area contributed by atoms with E-state index >= 15 is 0 Å². The number of hydrogen-bond donors (Lipinski definition) is 1. The lowest BCUT2D eigenvalue weighted by Gasteiger charge is -2.31. The molecule has 1 aliphatic carbocycles. The summed E-state index contributed by atoms with van der Waals surface area (Å²) < 4.78 is 11.1. The van der Waals surface area contributed by atoms with Gasteiger partial charge >= 0.3 is 0 Å². The predicted molar refractivity (Wildman–Crippen MR) is 100 cm³/mol. The van der Waals surface area contributed by atoms with E-state index in [-0.39, 0.29) is 12.4 Å². The third kappa shape index (κ3) is 3.68. The number of fused-ring (bicyclic) bond motifs is 1. The largest absolute Gasteiger partial charge is 0.493 e. The molecule has 2 aromatic carbocycles. The first-order valence-corrected chi connectivity index (χ1v) is 8.29. The van der Waals surface area contributed by atoms with Crippen LogP contribution in [0, 0.1) is 0 Å². The van der Waals surface area contributed by atoms with E-state index in [9.17, 15) is 0 Å². The van der Waals surface area contributed by atoms with Crippen LogP contribution in [0.2, 0.25) is 0 Å². The fourth-order valence-corrected chi connectivity index (χ4v) is 3.54. The Hall–Kier alpha value is -1.71. The van der Waals surface area contributed by atoms with Gasteiger partial charge in [0.2, 0.25) is 0 Å². The first-order chi connectivity index (χ1) is 11.2. The lowest BCUT2D eigenvalue weighted by atomic mass is 9.86. The van der Waals surface area contributed by atoms with Crippen LogP contribution in [0.3, 0.4) is 0 Å². The van der Waals surface area contributed by atoms with E-state index in [1.165, 1.54) is 16.7 Å². The topological polar surface area (TPSA) is 30.5 Å². The quantitative estimate of drug-likeness (QED) is 0.838. The van der Waals surface area contributed by atoms with Gasteiger partial charge < -0.3 is 14.8 Å². The van der Waals surface area contributed by atoms with Crippen molar-refractivity contribution in [1.29, 1.82) is 0 Å². The van der Waals surface area contributed by atoms with Gasteiger partial charge in [0.05, 0.1) is 14.2 Å². The molecule has 4 heteroatoms. The molecule has 3 nitrogen and oxygen atoms in total. The van der Waals surface area contributed by atoms with Gasteiger partial charge in [-0.3, -0.25) is 0 Å². The van der Waals surface area contributed by atoms with Crippen LogP contribution >= 0.6 is 12.4 Å². The average Bonchev–Trinajstić information content (AvgIpc) is 2.61. The van der Waals surface area contributed by atoms with Crippen LogP contribution in [-0.2, 0) is 6.42 Å². The average molecular weight is 348 g/mol. The summed E-state index contributed by atoms with van der Waals surface area (Å²) in [6.07, 6.45) is 3.36. The van der Waals surface area contributed by atoms with Crippen LogP contribution in [-0.4, -0.2) is 14.2 Å². The highest BCUT2D eigenvalue weighted by Crippen LogP contribution is 2.41. The molecule has 0 radical (unpaired) electrons. The molecule has 1 N–H and O–H groups in total. The molecule has 0 saturated carbocycles. The van der Waals surface area contributed by atoms with Gasteiger partial charge in [0.25, 0.3) is 0 Å². The van der Waals surface area contributed by atoms with E-state index in [2.05, 4.69) is 48.6 Å². The Bertz CT molecular complexity index is 660. The Kier molecular flexibility index (Phi) is 6.52. The van der Waals surface area contributed by atoms with E-state index < -0.39 is 0 Å². The van der Waals surface area contributed by atoms with Gasteiger partial charge in [-0.25, -0.2) is 0 Å². The predicted octanol–water partition coefficient (Wildman–Crippen LogP) is 4.85. The van der Waals surface area contributed by atoms with Crippen molar-refractivity contribution in [1.82, 2.24) is 5.32 Å². The maximum Gasteiger partial charge on any atom is 0.164 e. The molecule has 24 heavy (non-hydrogen) atoms. The first-order valence-electron chi connectivity index (χ1n) is 8.29. The number of methoxy groups -OCH3 is 2. The molecule has 0 fully saturated rings. The van der Waals surface area contributed by atoms with Crippen LogP contribution in [0.4, 0.5) is 0 Å². The maximum atomic E-state index is 5.62. The van der Waals surface area contributed by atoms with E-state index in [1.807, 2.05) is 6.07 Å². The van der Waals surface area contributed by atoms with Gasteiger partial charge in [-0.2, -0.15) is 0 Å². The highest BCUT2D eigenvalue weighted by Gasteiger charge is 2.26. The second-order valence-electron chi connectivity index (χ2n) is 6.11. The van der Waals surface area contributed by atoms with Gasteiger partial charge in [0, 0.05) is 17.6 Å². The minimum Gasteiger partial charge on any atom is -0.493 e. The summed E-state index contributed by atoms with van der Waals surface area (Å²) in [6, 6.07) is 15.5. The smallest absolute Gasteiger partial charge is 0.164 e. The Morgan fingerprint density at radius 3 is 2.46 bits per heavy atom. The molecule has 0 aliphatic heterocycles. The van der Waals surface area contributed by atoms with Crippen LogP contribution in [0.15, 0.2) is 42.5 Å². The molecule has 0 spiro atoms. The van der Waals surface area contributed by atoms with Crippen molar-refractivity contribution in [2.45, 2.75) is 38.3 Å². The van der Waals surface area contributed by atoms with Crippen molar-refractivity contribution in [3.8, 4) is 11.5 Å². The van der Waals surface area contributed by atoms with Crippen molar-refractivity contribution >= 4 is 12.4 Å². The summed E-state index contributed by atoms with van der Waals surface area (Å²) >= 11 is 0. The highest BCUT2D eigenvalue weighted by molar-refractivity contribution is 5.85. The molecule has 3 rings (SSSR count). The van der Waals surface area contributed by atoms with Crippen molar-refractivity contribution in [3.63, 3.8) is 0 Å². The molecule has 0 aromatic heterocycles. The zero-order valence-corrected chi connectivity index (χ0v) is 15.4. The van der Waals surface area contributed by atoms with Crippen molar-refractivity contribution in [2.75, 3.05) is 14.2 Å². The summed E-state index contributed by atoms with van der Waals surface area (Å²) in [4.78, 5) is 0. The summed E-state index contributed by atoms with van der Waals surface area (Å²) in [5.41, 5.74) is 3.95. The molecular formula is C20H26ClNO2. The Morgan fingerprint density at radius 1 is 1.04 bits per heavy atom. The molecule has 1 aliphatic rings. The summed E-state index contributed by atoms with van der Waals surface area (Å²) in [5, 5.41) is 3.78. The van der Waals surface area contributed by atoms with E-state index in [0.717, 1.165) is 30.8 Å². The van der Waals surface area contributed by atoms with Gasteiger partial charge in [0.1, 0.15) is 0 Å². The number of rotatable bonds is 5. The number of benzene rings is 2. The molecule has 0 bridgehead atoms. The molecule has 130 valence electrons. The Morgan fingerprint density at radius 2 is 1.79 bits per heavy atom. The second-order valence-corrected chi connectivity index (χ2v) is 6.11. The zero-order valence-electron chi connectivity index (χ0n) is 14.5. The molecule has 2 unspecified atom stereocenters. The van der Waals surface area contributed by atoms with Crippen molar-refractivity contribution in [3.05, 3.63) is 59.2 Å². The van der Waals surface area contributed by atoms with E-state index in [4.69, 9.17) is 9.47 Å². The molecular weight excluding hydrogens is 322 g/mol. The van der Waals surface area contributed by atoms with Crippen LogP contribution in [0.5, 0.6) is 11.5 Å². The van der Waals surface area contributed by atoms with Crippen LogP contribution in [0.1, 0.15) is 48.5 Å². The molecule has 0 amide bonds. The van der Waals surface area contributed by atoms with Gasteiger partial charge in [-0.05, 0) is 43.4 Å². The normalized spacial score (nSPS) is 17.4. The van der Waals surface area contributed by atoms with Crippen molar-refractivity contribution < 1.29 is 9.47 Å². The van der Waals surface area contributed by atoms with Crippen LogP contribution in [0.25, 0.3) is 0 Å². The minimum atomic E-state index is 0. The van der Waals surface area contributed by atoms with Crippen molar-refractivity contribution in [2.24, 2.45) is 0 Å². The first kappa shape index (κ1) is 18.6. The molecule has 2 atom stereocenters. The van der Waals surface area contributed by atoms with E-state index in [0.29, 0.717) is 12.1 Å². The number of nitrogens with one attached hydrogen (secondary N) is 1. The summed E-state index contributed by atoms with van der Waals surface area (Å²) in [5.74, 6) is 1.71. The summed E-state index contributed by atoms with van der Waals surface area (Å²) in [7, 11) is 3.42. The third-order valence-electron chi connectivity index (χ3n) is 4.73. The SMILES string of the molecule is COc1ccc2c(c1OC)CCCC2NC(C)c1ccccc1.Cl. The second kappa shape index (κ2) is 8.41. The van der Waals surface area contributed by atoms with Gasteiger partial charge in [-0.15, -0.1) is 12.4 Å². The van der Waals surface area contributed by atoms with E-state index in [1.54, 1.807) is 14.2 Å². The highest BCUT2D eigenvalue weighted by atomic mass is 35.5. The minimum absolute atomic E-state index is 0. The lowest BCUT2D eigenvalue weighted by molar-refractivity contribution is 0.343. The zero-order chi connectivity index (χ0) is 16.2.